The standard InChI is InChI=1S/C15H23B/c1-5-6-7-8-13(3)14-9-12(2)10-15(11-14)16-4/h5,9-11,13,16H,1,6-8H2,2-4H3. The molecule has 0 nitrogen and oxygen atoms in total. The predicted molar refractivity (Wildman–Crippen MR) is 76.3 cm³/mol. The first kappa shape index (κ1) is 13.1. The molecular formula is C15H23B. The zero-order valence-corrected chi connectivity index (χ0v) is 10.9. The van der Waals surface area contributed by atoms with Crippen molar-refractivity contribution in [3.63, 3.8) is 0 Å². The molecule has 0 aliphatic rings. The molecule has 1 heteroatoms. The molecular weight excluding hydrogens is 191 g/mol. The molecule has 0 heterocycles. The second kappa shape index (κ2) is 6.57. The monoisotopic (exact) mass is 214 g/mol. The lowest BCUT2D eigenvalue weighted by Gasteiger charge is -2.13. The van der Waals surface area contributed by atoms with Crippen LogP contribution < -0.4 is 5.46 Å². The minimum Gasteiger partial charge on any atom is -0.103 e. The van der Waals surface area contributed by atoms with Gasteiger partial charge < -0.3 is 0 Å². The molecule has 0 N–H and O–H groups in total. The van der Waals surface area contributed by atoms with Gasteiger partial charge in [0.25, 0.3) is 0 Å². The van der Waals surface area contributed by atoms with Gasteiger partial charge in [-0.2, -0.15) is 0 Å². The van der Waals surface area contributed by atoms with Crippen molar-refractivity contribution in [3.05, 3.63) is 42.0 Å². The zero-order valence-electron chi connectivity index (χ0n) is 10.9. The summed E-state index contributed by atoms with van der Waals surface area (Å²) in [5.74, 6) is 0.671. The molecule has 0 amide bonds. The van der Waals surface area contributed by atoms with Crippen LogP contribution in [0, 0.1) is 6.92 Å². The van der Waals surface area contributed by atoms with Crippen LogP contribution in [0.3, 0.4) is 0 Å². The minimum absolute atomic E-state index is 0.671. The average Bonchev–Trinajstić information content (AvgIpc) is 2.28. The van der Waals surface area contributed by atoms with Crippen molar-refractivity contribution in [2.75, 3.05) is 0 Å². The third-order valence-electron chi connectivity index (χ3n) is 3.18. The Morgan fingerprint density at radius 1 is 1.38 bits per heavy atom. The van der Waals surface area contributed by atoms with Crippen molar-refractivity contribution in [2.45, 2.75) is 45.9 Å². The summed E-state index contributed by atoms with van der Waals surface area (Å²) < 4.78 is 0. The molecule has 0 fully saturated rings. The second-order valence-electron chi connectivity index (χ2n) is 4.73. The molecule has 1 unspecified atom stereocenters. The number of rotatable bonds is 6. The molecule has 0 aliphatic heterocycles. The van der Waals surface area contributed by atoms with Crippen molar-refractivity contribution < 1.29 is 0 Å². The Morgan fingerprint density at radius 3 is 2.75 bits per heavy atom. The highest BCUT2D eigenvalue weighted by molar-refractivity contribution is 6.51. The maximum atomic E-state index is 3.77. The lowest BCUT2D eigenvalue weighted by molar-refractivity contribution is 0.640. The Kier molecular flexibility index (Phi) is 5.38. The minimum atomic E-state index is 0.671. The quantitative estimate of drug-likeness (QED) is 0.386. The molecule has 0 aromatic heterocycles. The van der Waals surface area contributed by atoms with Crippen LogP contribution in [-0.2, 0) is 0 Å². The van der Waals surface area contributed by atoms with E-state index in [0.29, 0.717) is 5.92 Å². The number of hydrogen-bond donors (Lipinski definition) is 0. The maximum Gasteiger partial charge on any atom is 0.154 e. The van der Waals surface area contributed by atoms with Gasteiger partial charge in [0.05, 0.1) is 0 Å². The first-order valence-corrected chi connectivity index (χ1v) is 6.38. The second-order valence-corrected chi connectivity index (χ2v) is 4.73. The van der Waals surface area contributed by atoms with Gasteiger partial charge in [0.2, 0.25) is 0 Å². The number of allylic oxidation sites excluding steroid dienone is 1. The highest BCUT2D eigenvalue weighted by Gasteiger charge is 2.06. The molecule has 0 radical (unpaired) electrons. The molecule has 86 valence electrons. The number of unbranched alkanes of at least 4 members (excludes halogenated alkanes) is 1. The van der Waals surface area contributed by atoms with Gasteiger partial charge in [-0.25, -0.2) is 0 Å². The van der Waals surface area contributed by atoms with E-state index in [1.54, 1.807) is 0 Å². The third kappa shape index (κ3) is 3.88. The predicted octanol–water partition coefficient (Wildman–Crippen LogP) is 3.56. The molecule has 1 aromatic carbocycles. The van der Waals surface area contributed by atoms with Crippen LogP contribution in [0.4, 0.5) is 0 Å². The van der Waals surface area contributed by atoms with Crippen LogP contribution in [-0.4, -0.2) is 7.28 Å². The van der Waals surface area contributed by atoms with E-state index in [1.165, 1.54) is 29.4 Å². The fraction of sp³-hybridized carbons (Fsp3) is 0.467. The average molecular weight is 214 g/mol. The summed E-state index contributed by atoms with van der Waals surface area (Å²) in [5, 5.41) is 0. The molecule has 0 aliphatic carbocycles. The van der Waals surface area contributed by atoms with Gasteiger partial charge >= 0.3 is 0 Å². The Hall–Kier alpha value is -0.975. The van der Waals surface area contributed by atoms with Crippen molar-refractivity contribution >= 4 is 12.7 Å². The summed E-state index contributed by atoms with van der Waals surface area (Å²) in [6.07, 6.45) is 5.66. The molecule has 1 aromatic rings. The van der Waals surface area contributed by atoms with E-state index in [1.807, 2.05) is 6.08 Å². The molecule has 1 atom stereocenters. The van der Waals surface area contributed by atoms with Gasteiger partial charge in [0, 0.05) is 0 Å². The van der Waals surface area contributed by atoms with E-state index in [-0.39, 0.29) is 0 Å². The van der Waals surface area contributed by atoms with E-state index in [0.717, 1.165) is 13.7 Å². The van der Waals surface area contributed by atoms with E-state index < -0.39 is 0 Å². The zero-order chi connectivity index (χ0) is 12.0. The summed E-state index contributed by atoms with van der Waals surface area (Å²) in [7, 11) is 1.13. The van der Waals surface area contributed by atoms with Gasteiger partial charge in [-0.15, -0.1) is 6.58 Å². The van der Waals surface area contributed by atoms with E-state index >= 15 is 0 Å². The number of hydrogen-bond acceptors (Lipinski definition) is 0. The number of benzene rings is 1. The smallest absolute Gasteiger partial charge is 0.103 e. The van der Waals surface area contributed by atoms with E-state index in [9.17, 15) is 0 Å². The molecule has 16 heavy (non-hydrogen) atoms. The van der Waals surface area contributed by atoms with Gasteiger partial charge in [-0.05, 0) is 37.7 Å². The maximum absolute atomic E-state index is 3.77. The summed E-state index contributed by atoms with van der Waals surface area (Å²) in [6, 6.07) is 6.99. The van der Waals surface area contributed by atoms with Crippen LogP contribution in [0.2, 0.25) is 6.82 Å². The Morgan fingerprint density at radius 2 is 2.12 bits per heavy atom. The lowest BCUT2D eigenvalue weighted by Crippen LogP contribution is -2.12. The Bertz CT molecular complexity index is 341. The van der Waals surface area contributed by atoms with Crippen LogP contribution in [0.1, 0.15) is 43.2 Å². The Balaban J connectivity index is 2.70. The number of aryl methyl sites for hydroxylation is 1. The van der Waals surface area contributed by atoms with Gasteiger partial charge in [-0.3, -0.25) is 0 Å². The highest BCUT2D eigenvalue weighted by Crippen LogP contribution is 2.21. The van der Waals surface area contributed by atoms with Crippen molar-refractivity contribution in [1.29, 1.82) is 0 Å². The van der Waals surface area contributed by atoms with Crippen molar-refractivity contribution in [3.8, 4) is 0 Å². The van der Waals surface area contributed by atoms with Crippen molar-refractivity contribution in [2.24, 2.45) is 0 Å². The summed E-state index contributed by atoms with van der Waals surface area (Å²) in [5.41, 5.74) is 4.36. The van der Waals surface area contributed by atoms with Crippen LogP contribution in [0.5, 0.6) is 0 Å². The summed E-state index contributed by atoms with van der Waals surface area (Å²) in [6.45, 7) is 10.5. The first-order chi connectivity index (χ1) is 7.67. The first-order valence-electron chi connectivity index (χ1n) is 6.38. The normalized spacial score (nSPS) is 12.2. The Labute approximate surface area is 101 Å². The van der Waals surface area contributed by atoms with Crippen LogP contribution >= 0.6 is 0 Å². The fourth-order valence-corrected chi connectivity index (χ4v) is 2.12. The molecule has 0 saturated carbocycles. The van der Waals surface area contributed by atoms with Crippen LogP contribution in [0.25, 0.3) is 0 Å². The third-order valence-corrected chi connectivity index (χ3v) is 3.18. The lowest BCUT2D eigenvalue weighted by atomic mass is 9.71. The van der Waals surface area contributed by atoms with E-state index in [4.69, 9.17) is 0 Å². The molecule has 1 rings (SSSR count). The molecule has 0 bridgehead atoms. The SMILES string of the molecule is C=CCCCC(C)c1cc(C)cc(BC)c1. The largest absolute Gasteiger partial charge is 0.154 e. The molecule has 0 saturated heterocycles. The van der Waals surface area contributed by atoms with Gasteiger partial charge in [-0.1, -0.05) is 49.0 Å². The molecule has 0 spiro atoms. The summed E-state index contributed by atoms with van der Waals surface area (Å²) >= 11 is 0. The summed E-state index contributed by atoms with van der Waals surface area (Å²) in [4.78, 5) is 0. The fourth-order valence-electron chi connectivity index (χ4n) is 2.12. The van der Waals surface area contributed by atoms with Crippen molar-refractivity contribution in [1.82, 2.24) is 0 Å². The van der Waals surface area contributed by atoms with Gasteiger partial charge in [0.1, 0.15) is 0 Å². The topological polar surface area (TPSA) is 0 Å². The van der Waals surface area contributed by atoms with Crippen LogP contribution in [0.15, 0.2) is 30.9 Å². The van der Waals surface area contributed by atoms with Gasteiger partial charge in [0.15, 0.2) is 7.28 Å². The van der Waals surface area contributed by atoms with E-state index in [2.05, 4.69) is 45.4 Å². The highest BCUT2D eigenvalue weighted by atomic mass is 14.1.